The molecule has 0 unspecified atom stereocenters. The van der Waals surface area contributed by atoms with E-state index in [0.717, 1.165) is 15.2 Å². The smallest absolute Gasteiger partial charge is 0.243 e. The molecule has 2 aromatic carbocycles. The van der Waals surface area contributed by atoms with Crippen LogP contribution in [-0.4, -0.2) is 38.5 Å². The van der Waals surface area contributed by atoms with Crippen molar-refractivity contribution >= 4 is 50.7 Å². The molecule has 0 spiro atoms. The summed E-state index contributed by atoms with van der Waals surface area (Å²) < 4.78 is 6.46. The molecular formula is C19H15Cl2N5O2S. The molecule has 0 fully saturated rings. The Morgan fingerprint density at radius 1 is 1.10 bits per heavy atom. The van der Waals surface area contributed by atoms with E-state index in [2.05, 4.69) is 25.5 Å². The number of hydrogen-bond donors (Lipinski definition) is 2. The Morgan fingerprint density at radius 2 is 1.93 bits per heavy atom. The Labute approximate surface area is 180 Å². The largest absolute Gasteiger partial charge is 0.491 e. The summed E-state index contributed by atoms with van der Waals surface area (Å²) in [5.74, 6) is 1.03. The second kappa shape index (κ2) is 8.87. The Morgan fingerprint density at radius 3 is 2.72 bits per heavy atom. The van der Waals surface area contributed by atoms with Gasteiger partial charge in [0.2, 0.25) is 5.95 Å². The Balaban J connectivity index is 1.50. The highest BCUT2D eigenvalue weighted by Crippen LogP contribution is 2.33. The zero-order valence-electron chi connectivity index (χ0n) is 15.0. The van der Waals surface area contributed by atoms with E-state index < -0.39 is 0 Å². The molecule has 0 saturated heterocycles. The van der Waals surface area contributed by atoms with Crippen LogP contribution in [-0.2, 0) is 6.54 Å². The minimum Gasteiger partial charge on any atom is -0.491 e. The van der Waals surface area contributed by atoms with Gasteiger partial charge in [-0.2, -0.15) is 5.10 Å². The molecule has 29 heavy (non-hydrogen) atoms. The van der Waals surface area contributed by atoms with Crippen molar-refractivity contribution in [2.45, 2.75) is 6.54 Å². The van der Waals surface area contributed by atoms with Crippen LogP contribution in [0.3, 0.4) is 0 Å². The number of hydrogen-bond acceptors (Lipinski definition) is 8. The first-order chi connectivity index (χ1) is 14.1. The average Bonchev–Trinajstić information content (AvgIpc) is 3.13. The molecule has 0 aliphatic carbocycles. The van der Waals surface area contributed by atoms with Gasteiger partial charge in [-0.05, 0) is 24.3 Å². The van der Waals surface area contributed by atoms with Crippen molar-refractivity contribution in [2.24, 2.45) is 0 Å². The fourth-order valence-electron chi connectivity index (χ4n) is 2.68. The van der Waals surface area contributed by atoms with Crippen LogP contribution in [0.5, 0.6) is 5.75 Å². The second-order valence-corrected chi connectivity index (χ2v) is 7.85. The van der Waals surface area contributed by atoms with Gasteiger partial charge in [-0.15, -0.1) is 16.4 Å². The second-order valence-electron chi connectivity index (χ2n) is 5.92. The van der Waals surface area contributed by atoms with E-state index in [1.165, 1.54) is 6.20 Å². The number of fused-ring (bicyclic) bond motifs is 1. The lowest BCUT2D eigenvalue weighted by molar-refractivity contribution is 0.201. The third-order valence-corrected chi connectivity index (χ3v) is 5.61. The maximum atomic E-state index is 8.87. The van der Waals surface area contributed by atoms with Crippen LogP contribution in [0.15, 0.2) is 42.6 Å². The van der Waals surface area contributed by atoms with Gasteiger partial charge in [0, 0.05) is 11.6 Å². The van der Waals surface area contributed by atoms with Crippen LogP contribution in [0.25, 0.3) is 21.5 Å². The predicted octanol–water partition coefficient (Wildman–Crippen LogP) is 4.44. The van der Waals surface area contributed by atoms with Gasteiger partial charge < -0.3 is 15.2 Å². The zero-order valence-corrected chi connectivity index (χ0v) is 17.3. The van der Waals surface area contributed by atoms with E-state index >= 15 is 0 Å². The summed E-state index contributed by atoms with van der Waals surface area (Å²) in [5, 5.41) is 21.9. The minimum atomic E-state index is -0.0310. The molecule has 2 heterocycles. The number of nitrogens with zero attached hydrogens (tertiary/aromatic N) is 4. The summed E-state index contributed by atoms with van der Waals surface area (Å²) in [4.78, 5) is 9.06. The molecule has 148 valence electrons. The molecule has 0 radical (unpaired) electrons. The molecule has 0 aliphatic rings. The lowest BCUT2D eigenvalue weighted by atomic mass is 10.1. The average molecular weight is 448 g/mol. The zero-order chi connectivity index (χ0) is 20.2. The van der Waals surface area contributed by atoms with Gasteiger partial charge in [0.25, 0.3) is 0 Å². The lowest BCUT2D eigenvalue weighted by Gasteiger charge is -2.07. The van der Waals surface area contributed by atoms with Crippen molar-refractivity contribution in [2.75, 3.05) is 18.5 Å². The topological polar surface area (TPSA) is 93.1 Å². The highest BCUT2D eigenvalue weighted by atomic mass is 35.5. The van der Waals surface area contributed by atoms with Gasteiger partial charge >= 0.3 is 0 Å². The van der Waals surface area contributed by atoms with E-state index in [0.29, 0.717) is 39.5 Å². The Bertz CT molecular complexity index is 1130. The maximum Gasteiger partial charge on any atom is 0.243 e. The number of aliphatic hydroxyl groups excluding tert-OH is 1. The Kier molecular flexibility index (Phi) is 6.05. The summed E-state index contributed by atoms with van der Waals surface area (Å²) in [5.41, 5.74) is 1.98. The van der Waals surface area contributed by atoms with Gasteiger partial charge in [0.05, 0.1) is 45.3 Å². The summed E-state index contributed by atoms with van der Waals surface area (Å²) in [6.45, 7) is 0.657. The number of thiazole rings is 1. The first kappa shape index (κ1) is 19.8. The molecule has 0 amide bonds. The van der Waals surface area contributed by atoms with E-state index in [1.54, 1.807) is 29.5 Å². The molecular weight excluding hydrogens is 433 g/mol. The van der Waals surface area contributed by atoms with E-state index in [4.69, 9.17) is 33.0 Å². The van der Waals surface area contributed by atoms with Gasteiger partial charge in [-0.1, -0.05) is 29.3 Å². The third kappa shape index (κ3) is 4.56. The quantitative estimate of drug-likeness (QED) is 0.432. The SMILES string of the molecule is OCCOc1ccc2sc(CNc3nncc(-c4c(Cl)cccc4Cl)n3)nc2c1. The molecule has 7 nitrogen and oxygen atoms in total. The number of nitrogens with one attached hydrogen (secondary N) is 1. The van der Waals surface area contributed by atoms with Crippen LogP contribution < -0.4 is 10.1 Å². The van der Waals surface area contributed by atoms with Crippen molar-refractivity contribution in [3.8, 4) is 17.0 Å². The number of rotatable bonds is 7. The highest BCUT2D eigenvalue weighted by molar-refractivity contribution is 7.18. The highest BCUT2D eigenvalue weighted by Gasteiger charge is 2.12. The fourth-order valence-corrected chi connectivity index (χ4v) is 4.16. The summed E-state index contributed by atoms with van der Waals surface area (Å²) in [6, 6.07) is 10.9. The van der Waals surface area contributed by atoms with Crippen LogP contribution >= 0.6 is 34.5 Å². The van der Waals surface area contributed by atoms with Gasteiger partial charge in [-0.25, -0.2) is 9.97 Å². The number of halogens is 2. The van der Waals surface area contributed by atoms with Crippen molar-refractivity contribution in [1.29, 1.82) is 0 Å². The summed E-state index contributed by atoms with van der Waals surface area (Å²) in [6.07, 6.45) is 1.52. The summed E-state index contributed by atoms with van der Waals surface area (Å²) >= 11 is 14.1. The van der Waals surface area contributed by atoms with Crippen molar-refractivity contribution in [1.82, 2.24) is 20.2 Å². The normalized spacial score (nSPS) is 11.0. The van der Waals surface area contributed by atoms with E-state index in [1.807, 2.05) is 18.2 Å². The van der Waals surface area contributed by atoms with E-state index in [-0.39, 0.29) is 13.2 Å². The first-order valence-electron chi connectivity index (χ1n) is 8.65. The molecule has 4 rings (SSSR count). The van der Waals surface area contributed by atoms with Crippen LogP contribution in [0.4, 0.5) is 5.95 Å². The van der Waals surface area contributed by atoms with Crippen molar-refractivity contribution in [3.63, 3.8) is 0 Å². The lowest BCUT2D eigenvalue weighted by Crippen LogP contribution is -2.05. The number of aromatic nitrogens is 4. The van der Waals surface area contributed by atoms with Crippen molar-refractivity contribution < 1.29 is 9.84 Å². The molecule has 0 aliphatic heterocycles. The first-order valence-corrected chi connectivity index (χ1v) is 10.2. The van der Waals surface area contributed by atoms with Gasteiger partial charge in [0.1, 0.15) is 17.4 Å². The Hall–Kier alpha value is -2.52. The van der Waals surface area contributed by atoms with Crippen LogP contribution in [0.1, 0.15) is 5.01 Å². The fraction of sp³-hybridized carbons (Fsp3) is 0.158. The minimum absolute atomic E-state index is 0.0310. The molecule has 2 N–H and O–H groups in total. The monoisotopic (exact) mass is 447 g/mol. The third-order valence-electron chi connectivity index (χ3n) is 3.94. The molecule has 0 saturated carbocycles. The van der Waals surface area contributed by atoms with Crippen LogP contribution in [0.2, 0.25) is 10.0 Å². The number of aliphatic hydroxyl groups is 1. The molecule has 4 aromatic rings. The molecule has 0 atom stereocenters. The van der Waals surface area contributed by atoms with Gasteiger partial charge in [-0.3, -0.25) is 0 Å². The predicted molar refractivity (Wildman–Crippen MR) is 115 cm³/mol. The molecule has 2 aromatic heterocycles. The molecule has 0 bridgehead atoms. The molecule has 10 heteroatoms. The number of ether oxygens (including phenoxy) is 1. The number of anilines is 1. The van der Waals surface area contributed by atoms with Crippen LogP contribution in [0, 0.1) is 0 Å². The maximum absolute atomic E-state index is 8.87. The van der Waals surface area contributed by atoms with Crippen molar-refractivity contribution in [3.05, 3.63) is 57.6 Å². The van der Waals surface area contributed by atoms with Gasteiger partial charge in [0.15, 0.2) is 0 Å². The standard InChI is InChI=1S/C19H15Cl2N5O2S/c20-12-2-1-3-13(21)18(12)15-9-23-26-19(25-15)22-10-17-24-14-8-11(28-7-6-27)4-5-16(14)29-17/h1-5,8-9,27H,6-7,10H2,(H,22,25,26). The number of benzene rings is 2. The van der Waals surface area contributed by atoms with E-state index in [9.17, 15) is 0 Å². The summed E-state index contributed by atoms with van der Waals surface area (Å²) in [7, 11) is 0.